The fourth-order valence-corrected chi connectivity index (χ4v) is 7.79. The summed E-state index contributed by atoms with van der Waals surface area (Å²) in [4.78, 5) is 46.7. The number of likely N-dealkylation sites (N-methyl/N-ethyl adjacent to an activating group) is 1. The van der Waals surface area contributed by atoms with Crippen LogP contribution in [0, 0.1) is 5.92 Å². The number of nitrogens with zero attached hydrogens (tertiary/aromatic N) is 6. The molecule has 5 aliphatic rings. The summed E-state index contributed by atoms with van der Waals surface area (Å²) < 4.78 is 7.10. The zero-order chi connectivity index (χ0) is 41.3. The Morgan fingerprint density at radius 2 is 1.76 bits per heavy atom. The molecule has 2 amide bonds. The molecule has 3 aliphatic heterocycles. The fraction of sp³-hybridized carbons (Fsp3) is 0.488. The van der Waals surface area contributed by atoms with Gasteiger partial charge in [0.25, 0.3) is 11.8 Å². The number of carbonyl (C=O) groups excluding carboxylic acids is 3. The van der Waals surface area contributed by atoms with Crippen LogP contribution < -0.4 is 32.3 Å². The third-order valence-electron chi connectivity index (χ3n) is 11.5. The van der Waals surface area contributed by atoms with E-state index in [1.807, 2.05) is 36.1 Å². The molecule has 0 radical (unpaired) electrons. The number of nitrogens with one attached hydrogen (secondary N) is 3. The standard InChI is InChI=1S/C35H42N10O5.C6H13NO/c1-3-27-32-24(15-38-45(32)22-16-44(17-22)35(49,50)28-9-4-6-21(18-46)39-28)23-7-5-8-25(31(23)43(27)2)41-26(30(37)34(48)40-20-12-13-20)14-29(36)42-33(47)19-10-11-19;1-7-4-3-6(5-7)8-2/h4-9,14-15,18-20,22,27,41,49-50H,3,10-13,16-17,36-37H2,1-2H3,(H,40,48)(H,42,47);6H,3-5H2,1-2H3/b29-14+,30-26+;. The molecule has 2 saturated heterocycles. The van der Waals surface area contributed by atoms with Gasteiger partial charge in [-0.1, -0.05) is 25.1 Å². The first-order valence-corrected chi connectivity index (χ1v) is 20.0. The molecule has 0 spiro atoms. The molecule has 4 fully saturated rings. The van der Waals surface area contributed by atoms with E-state index in [1.165, 1.54) is 36.1 Å². The predicted molar refractivity (Wildman–Crippen MR) is 217 cm³/mol. The van der Waals surface area contributed by atoms with E-state index in [-0.39, 0.29) is 58.6 Å². The number of allylic oxidation sites excluding steroid dienone is 1. The van der Waals surface area contributed by atoms with Gasteiger partial charge in [0.1, 0.15) is 22.9 Å². The van der Waals surface area contributed by atoms with Crippen molar-refractivity contribution < 1.29 is 29.3 Å². The molecule has 17 nitrogen and oxygen atoms in total. The molecule has 2 atom stereocenters. The first kappa shape index (κ1) is 40.9. The number of amides is 2. The maximum Gasteiger partial charge on any atom is 0.271 e. The molecule has 2 saturated carbocycles. The van der Waals surface area contributed by atoms with Gasteiger partial charge in [-0.05, 0) is 63.8 Å². The van der Waals surface area contributed by atoms with Crippen LogP contribution in [-0.2, 0) is 20.2 Å². The van der Waals surface area contributed by atoms with Gasteiger partial charge in [0, 0.05) is 69.5 Å². The van der Waals surface area contributed by atoms with Crippen molar-refractivity contribution >= 4 is 29.5 Å². The molecule has 2 aromatic heterocycles. The average Bonchev–Trinajstić information content (AvgIpc) is 4.13. The minimum Gasteiger partial charge on any atom is -0.393 e. The number of aromatic nitrogens is 3. The normalized spacial score (nSPS) is 21.5. The summed E-state index contributed by atoms with van der Waals surface area (Å²) in [5, 5.41) is 35.8. The zero-order valence-electron chi connectivity index (χ0n) is 33.5. The van der Waals surface area contributed by atoms with Gasteiger partial charge in [0.15, 0.2) is 6.29 Å². The van der Waals surface area contributed by atoms with E-state index in [1.54, 1.807) is 13.2 Å². The van der Waals surface area contributed by atoms with Crippen molar-refractivity contribution in [2.45, 2.75) is 75.6 Å². The van der Waals surface area contributed by atoms with Crippen molar-refractivity contribution in [3.63, 3.8) is 0 Å². The summed E-state index contributed by atoms with van der Waals surface area (Å²) in [6.07, 6.45) is 9.76. The molecular formula is C41H55N11O6. The Balaban J connectivity index is 0.000000573. The van der Waals surface area contributed by atoms with E-state index in [4.69, 9.17) is 21.3 Å². The maximum absolute atomic E-state index is 13.1. The number of pyridine rings is 1. The summed E-state index contributed by atoms with van der Waals surface area (Å²) >= 11 is 0. The molecule has 2 unspecified atom stereocenters. The lowest BCUT2D eigenvalue weighted by molar-refractivity contribution is -0.302. The molecule has 9 N–H and O–H groups in total. The number of fused-ring (bicyclic) bond motifs is 3. The first-order chi connectivity index (χ1) is 27.8. The number of likely N-dealkylation sites (tertiary alicyclic amines) is 2. The first-order valence-electron chi connectivity index (χ1n) is 20.0. The van der Waals surface area contributed by atoms with E-state index in [2.05, 4.69) is 44.7 Å². The number of methoxy groups -OCH3 is 1. The highest BCUT2D eigenvalue weighted by Crippen LogP contribution is 2.50. The van der Waals surface area contributed by atoms with Gasteiger partial charge in [0.05, 0.1) is 47.2 Å². The summed E-state index contributed by atoms with van der Waals surface area (Å²) in [5.74, 6) is -2.90. The summed E-state index contributed by atoms with van der Waals surface area (Å²) in [7, 11) is 5.90. The number of aldehydes is 1. The Morgan fingerprint density at radius 3 is 2.38 bits per heavy atom. The van der Waals surface area contributed by atoms with Crippen molar-refractivity contribution in [1.29, 1.82) is 0 Å². The van der Waals surface area contributed by atoms with Crippen LogP contribution in [0.5, 0.6) is 0 Å². The maximum atomic E-state index is 13.1. The highest BCUT2D eigenvalue weighted by molar-refractivity contribution is 5.96. The van der Waals surface area contributed by atoms with Crippen molar-refractivity contribution in [3.8, 4) is 11.1 Å². The van der Waals surface area contributed by atoms with E-state index >= 15 is 0 Å². The van der Waals surface area contributed by atoms with Crippen molar-refractivity contribution in [3.05, 3.63) is 83.0 Å². The number of ether oxygens (including phenoxy) is 1. The Morgan fingerprint density at radius 1 is 1.02 bits per heavy atom. The second-order valence-electron chi connectivity index (χ2n) is 15.9. The molecule has 2 aliphatic carbocycles. The number of aliphatic hydroxyl groups is 2. The molecule has 58 heavy (non-hydrogen) atoms. The number of rotatable bonds is 13. The molecule has 8 rings (SSSR count). The lowest BCUT2D eigenvalue weighted by atomic mass is 9.91. The number of carbonyl (C=O) groups is 3. The third kappa shape index (κ3) is 8.59. The van der Waals surface area contributed by atoms with Crippen LogP contribution >= 0.6 is 0 Å². The van der Waals surface area contributed by atoms with E-state index in [0.717, 1.165) is 61.2 Å². The fourth-order valence-electron chi connectivity index (χ4n) is 7.79. The molecule has 3 aromatic rings. The Bertz CT molecular complexity index is 2080. The van der Waals surface area contributed by atoms with Gasteiger partial charge in [-0.15, -0.1) is 0 Å². The molecule has 5 heterocycles. The lowest BCUT2D eigenvalue weighted by Gasteiger charge is -2.47. The van der Waals surface area contributed by atoms with Gasteiger partial charge in [-0.25, -0.2) is 9.88 Å². The van der Waals surface area contributed by atoms with Crippen LogP contribution in [0.1, 0.15) is 79.4 Å². The predicted octanol–water partition coefficient (Wildman–Crippen LogP) is 1.83. The minimum absolute atomic E-state index is 0.0239. The molecule has 1 aromatic carbocycles. The van der Waals surface area contributed by atoms with E-state index in [0.29, 0.717) is 31.2 Å². The topological polar surface area (TPSA) is 229 Å². The summed E-state index contributed by atoms with van der Waals surface area (Å²) in [6, 6.07) is 10.2. The van der Waals surface area contributed by atoms with E-state index < -0.39 is 11.8 Å². The molecule has 310 valence electrons. The lowest BCUT2D eigenvalue weighted by Crippen LogP contribution is -2.59. The Hall–Kier alpha value is -5.33. The van der Waals surface area contributed by atoms with Gasteiger partial charge >= 0.3 is 0 Å². The highest BCUT2D eigenvalue weighted by Gasteiger charge is 2.46. The quantitative estimate of drug-likeness (QED) is 0.0567. The minimum atomic E-state index is -2.35. The Kier molecular flexibility index (Phi) is 11.9. The number of nitrogens with two attached hydrogens (primary N) is 2. The summed E-state index contributed by atoms with van der Waals surface area (Å²) in [5.41, 5.74) is 17.4. The Labute approximate surface area is 338 Å². The third-order valence-corrected chi connectivity index (χ3v) is 11.5. The van der Waals surface area contributed by atoms with Crippen LogP contribution in [0.15, 0.2) is 65.9 Å². The number of hydrogen-bond donors (Lipinski definition) is 7. The van der Waals surface area contributed by atoms with Gasteiger partial charge in [-0.2, -0.15) is 5.10 Å². The second kappa shape index (κ2) is 16.9. The van der Waals surface area contributed by atoms with Crippen LogP contribution in [0.25, 0.3) is 11.1 Å². The van der Waals surface area contributed by atoms with Crippen molar-refractivity contribution in [1.82, 2.24) is 35.2 Å². The second-order valence-corrected chi connectivity index (χ2v) is 15.9. The molecular weight excluding hydrogens is 743 g/mol. The smallest absolute Gasteiger partial charge is 0.271 e. The van der Waals surface area contributed by atoms with Crippen LogP contribution in [-0.4, -0.2) is 112 Å². The van der Waals surface area contributed by atoms with Gasteiger partial charge < -0.3 is 52.2 Å². The zero-order valence-corrected chi connectivity index (χ0v) is 33.5. The van der Waals surface area contributed by atoms with Crippen LogP contribution in [0.4, 0.5) is 11.4 Å². The number of benzene rings is 1. The molecule has 17 heteroatoms. The van der Waals surface area contributed by atoms with Crippen molar-refractivity contribution in [2.24, 2.45) is 17.4 Å². The van der Waals surface area contributed by atoms with Gasteiger partial charge in [0.2, 0.25) is 5.91 Å². The van der Waals surface area contributed by atoms with E-state index in [9.17, 15) is 24.6 Å². The molecule has 0 bridgehead atoms. The van der Waals surface area contributed by atoms with Crippen molar-refractivity contribution in [2.75, 3.05) is 57.6 Å². The summed E-state index contributed by atoms with van der Waals surface area (Å²) in [6.45, 7) is 4.98. The van der Waals surface area contributed by atoms with Crippen LogP contribution in [0.2, 0.25) is 0 Å². The largest absolute Gasteiger partial charge is 0.393 e. The monoisotopic (exact) mass is 797 g/mol. The SMILES string of the molecule is CCC1c2c(cnn2C2CN(C(O)(O)c3cccc(C=O)n3)C2)-c2cccc(NC(/C=C(\N)NC(=O)C3CC3)=C(/N)C(=O)NC3CC3)c2N1C.COC1CCN(C)C1. The number of para-hydroxylation sites is 1. The number of hydrogen-bond acceptors (Lipinski definition) is 14. The van der Waals surface area contributed by atoms with Crippen LogP contribution in [0.3, 0.4) is 0 Å². The van der Waals surface area contributed by atoms with Gasteiger partial charge in [-0.3, -0.25) is 19.1 Å². The number of anilines is 2. The average molecular weight is 798 g/mol. The highest BCUT2D eigenvalue weighted by atomic mass is 16.5.